The Balaban J connectivity index is 3.26. The predicted molar refractivity (Wildman–Crippen MR) is 52.7 cm³/mol. The van der Waals surface area contributed by atoms with Gasteiger partial charge in [0.15, 0.2) is 0 Å². The lowest BCUT2D eigenvalue weighted by Gasteiger charge is -2.21. The van der Waals surface area contributed by atoms with Crippen molar-refractivity contribution >= 4 is 11.6 Å². The van der Waals surface area contributed by atoms with Gasteiger partial charge >= 0.3 is 0 Å². The van der Waals surface area contributed by atoms with Crippen LogP contribution >= 0.6 is 11.6 Å². The molecule has 1 heterocycles. The lowest BCUT2D eigenvalue weighted by molar-refractivity contribution is 0.585. The lowest BCUT2D eigenvalue weighted by atomic mass is 9.85. The molecule has 0 spiro atoms. The summed E-state index contributed by atoms with van der Waals surface area (Å²) >= 11 is 5.91. The molecule has 0 atom stereocenters. The van der Waals surface area contributed by atoms with Crippen molar-refractivity contribution in [1.82, 2.24) is 4.98 Å². The standard InChI is InChI=1S/C10H14ClN/c1-7-8(10(2,3)4)5-6-12-9(7)11/h5-6H,1-4H3. The van der Waals surface area contributed by atoms with Crippen molar-refractivity contribution in [3.8, 4) is 0 Å². The van der Waals surface area contributed by atoms with Crippen LogP contribution in [0.1, 0.15) is 31.9 Å². The Morgan fingerprint density at radius 1 is 1.33 bits per heavy atom. The van der Waals surface area contributed by atoms with Crippen LogP contribution in [-0.4, -0.2) is 4.98 Å². The minimum Gasteiger partial charge on any atom is -0.244 e. The maximum absolute atomic E-state index is 5.91. The zero-order valence-corrected chi connectivity index (χ0v) is 8.74. The molecule has 0 unspecified atom stereocenters. The minimum atomic E-state index is 0.149. The number of nitrogens with zero attached hydrogens (tertiary/aromatic N) is 1. The van der Waals surface area contributed by atoms with Gasteiger partial charge in [0, 0.05) is 6.20 Å². The predicted octanol–water partition coefficient (Wildman–Crippen LogP) is 3.34. The Bertz CT molecular complexity index is 286. The van der Waals surface area contributed by atoms with E-state index in [-0.39, 0.29) is 5.41 Å². The van der Waals surface area contributed by atoms with Crippen molar-refractivity contribution in [1.29, 1.82) is 0 Å². The van der Waals surface area contributed by atoms with Crippen LogP contribution in [0.4, 0.5) is 0 Å². The van der Waals surface area contributed by atoms with Crippen molar-refractivity contribution in [3.63, 3.8) is 0 Å². The van der Waals surface area contributed by atoms with Crippen molar-refractivity contribution < 1.29 is 0 Å². The molecule has 1 rings (SSSR count). The quantitative estimate of drug-likeness (QED) is 0.563. The first-order valence-electron chi connectivity index (χ1n) is 4.04. The molecule has 0 radical (unpaired) electrons. The third kappa shape index (κ3) is 1.78. The molecule has 0 aliphatic heterocycles. The number of rotatable bonds is 0. The lowest BCUT2D eigenvalue weighted by Crippen LogP contribution is -2.13. The zero-order chi connectivity index (χ0) is 9.35. The van der Waals surface area contributed by atoms with Crippen LogP contribution in [0.2, 0.25) is 5.15 Å². The second-order valence-corrected chi connectivity index (χ2v) is 4.38. The van der Waals surface area contributed by atoms with Crippen LogP contribution in [0.5, 0.6) is 0 Å². The molecule has 1 nitrogen and oxygen atoms in total. The highest BCUT2D eigenvalue weighted by atomic mass is 35.5. The molecule has 1 aromatic heterocycles. The van der Waals surface area contributed by atoms with E-state index in [0.29, 0.717) is 5.15 Å². The van der Waals surface area contributed by atoms with Crippen LogP contribution in [0.3, 0.4) is 0 Å². The molecule has 1 aromatic rings. The van der Waals surface area contributed by atoms with E-state index < -0.39 is 0 Å². The fourth-order valence-electron chi connectivity index (χ4n) is 1.32. The van der Waals surface area contributed by atoms with Gasteiger partial charge in [-0.1, -0.05) is 32.4 Å². The Labute approximate surface area is 78.8 Å². The molecule has 0 aliphatic carbocycles. The molecule has 0 N–H and O–H groups in total. The fraction of sp³-hybridized carbons (Fsp3) is 0.500. The SMILES string of the molecule is Cc1c(C(C)(C)C)ccnc1Cl. The summed E-state index contributed by atoms with van der Waals surface area (Å²) in [5.74, 6) is 0. The fourth-order valence-corrected chi connectivity index (χ4v) is 1.48. The smallest absolute Gasteiger partial charge is 0.132 e. The average Bonchev–Trinajstić information content (AvgIpc) is 1.92. The van der Waals surface area contributed by atoms with E-state index in [9.17, 15) is 0 Å². The highest BCUT2D eigenvalue weighted by Crippen LogP contribution is 2.27. The van der Waals surface area contributed by atoms with Crippen LogP contribution in [-0.2, 0) is 5.41 Å². The normalized spacial score (nSPS) is 11.8. The van der Waals surface area contributed by atoms with Gasteiger partial charge in [0.1, 0.15) is 5.15 Å². The maximum atomic E-state index is 5.91. The summed E-state index contributed by atoms with van der Waals surface area (Å²) in [4.78, 5) is 4.02. The molecule has 0 amide bonds. The summed E-state index contributed by atoms with van der Waals surface area (Å²) in [6.07, 6.45) is 1.76. The first-order valence-corrected chi connectivity index (χ1v) is 4.42. The van der Waals surface area contributed by atoms with Crippen LogP contribution < -0.4 is 0 Å². The molecular weight excluding hydrogens is 170 g/mol. The molecule has 0 aliphatic rings. The van der Waals surface area contributed by atoms with Crippen LogP contribution in [0.25, 0.3) is 0 Å². The first-order chi connectivity index (χ1) is 5.43. The van der Waals surface area contributed by atoms with Gasteiger partial charge in [0.05, 0.1) is 0 Å². The molecule has 2 heteroatoms. The summed E-state index contributed by atoms with van der Waals surface area (Å²) in [6, 6.07) is 2.03. The third-order valence-electron chi connectivity index (χ3n) is 1.95. The van der Waals surface area contributed by atoms with E-state index >= 15 is 0 Å². The van der Waals surface area contributed by atoms with Gasteiger partial charge < -0.3 is 0 Å². The van der Waals surface area contributed by atoms with Crippen molar-refractivity contribution in [3.05, 3.63) is 28.5 Å². The monoisotopic (exact) mass is 183 g/mol. The molecular formula is C10H14ClN. The van der Waals surface area contributed by atoms with Crippen LogP contribution in [0, 0.1) is 6.92 Å². The highest BCUT2D eigenvalue weighted by Gasteiger charge is 2.17. The van der Waals surface area contributed by atoms with Gasteiger partial charge in [0.25, 0.3) is 0 Å². The van der Waals surface area contributed by atoms with Gasteiger partial charge in [0.2, 0.25) is 0 Å². The molecule has 0 saturated heterocycles. The highest BCUT2D eigenvalue weighted by molar-refractivity contribution is 6.30. The first kappa shape index (κ1) is 9.53. The molecule has 0 aromatic carbocycles. The van der Waals surface area contributed by atoms with Gasteiger partial charge in [-0.2, -0.15) is 0 Å². The Morgan fingerprint density at radius 2 is 1.92 bits per heavy atom. The van der Waals surface area contributed by atoms with Gasteiger partial charge in [-0.15, -0.1) is 0 Å². The van der Waals surface area contributed by atoms with Gasteiger partial charge in [-0.25, -0.2) is 4.98 Å². The number of hydrogen-bond donors (Lipinski definition) is 0. The number of pyridine rings is 1. The van der Waals surface area contributed by atoms with Gasteiger partial charge in [-0.3, -0.25) is 0 Å². The number of aromatic nitrogens is 1. The van der Waals surface area contributed by atoms with Gasteiger partial charge in [-0.05, 0) is 29.5 Å². The van der Waals surface area contributed by atoms with E-state index in [0.717, 1.165) is 5.56 Å². The maximum Gasteiger partial charge on any atom is 0.132 e. The van der Waals surface area contributed by atoms with E-state index in [1.54, 1.807) is 6.20 Å². The largest absolute Gasteiger partial charge is 0.244 e. The molecule has 0 saturated carbocycles. The van der Waals surface area contributed by atoms with Crippen molar-refractivity contribution in [2.45, 2.75) is 33.1 Å². The van der Waals surface area contributed by atoms with E-state index in [2.05, 4.69) is 25.8 Å². The second kappa shape index (κ2) is 3.06. The zero-order valence-electron chi connectivity index (χ0n) is 7.98. The summed E-state index contributed by atoms with van der Waals surface area (Å²) in [6.45, 7) is 8.53. The van der Waals surface area contributed by atoms with E-state index in [1.807, 2.05) is 13.0 Å². The molecule has 0 fully saturated rings. The Morgan fingerprint density at radius 3 is 2.33 bits per heavy atom. The van der Waals surface area contributed by atoms with Crippen molar-refractivity contribution in [2.75, 3.05) is 0 Å². The Kier molecular flexibility index (Phi) is 2.43. The molecule has 66 valence electrons. The number of halogens is 1. The van der Waals surface area contributed by atoms with E-state index in [4.69, 9.17) is 11.6 Å². The molecule has 12 heavy (non-hydrogen) atoms. The third-order valence-corrected chi connectivity index (χ3v) is 2.33. The van der Waals surface area contributed by atoms with Crippen LogP contribution in [0.15, 0.2) is 12.3 Å². The summed E-state index contributed by atoms with van der Waals surface area (Å²) < 4.78 is 0. The van der Waals surface area contributed by atoms with Crippen molar-refractivity contribution in [2.24, 2.45) is 0 Å². The summed E-state index contributed by atoms with van der Waals surface area (Å²) in [7, 11) is 0. The van der Waals surface area contributed by atoms with E-state index in [1.165, 1.54) is 5.56 Å². The second-order valence-electron chi connectivity index (χ2n) is 4.02. The molecule has 0 bridgehead atoms. The number of hydrogen-bond acceptors (Lipinski definition) is 1. The summed E-state index contributed by atoms with van der Waals surface area (Å²) in [5, 5.41) is 0.613. The Hall–Kier alpha value is -0.560. The topological polar surface area (TPSA) is 12.9 Å². The average molecular weight is 184 g/mol. The summed E-state index contributed by atoms with van der Waals surface area (Å²) in [5.41, 5.74) is 2.51. The minimum absolute atomic E-state index is 0.149.